The average molecular weight is 216 g/mol. The number of aryl methyl sites for hydroxylation is 2. The predicted molar refractivity (Wildman–Crippen MR) is 49.5 cm³/mol. The number of carbonyl (C=O) groups is 1. The molecular weight excluding hydrogens is 206 g/mol. The predicted octanol–water partition coefficient (Wildman–Crippen LogP) is 2.60. The van der Waals surface area contributed by atoms with Gasteiger partial charge in [0.25, 0.3) is 0 Å². The van der Waals surface area contributed by atoms with Crippen molar-refractivity contribution in [1.82, 2.24) is 0 Å². The molecule has 0 amide bonds. The van der Waals surface area contributed by atoms with Gasteiger partial charge in [0, 0.05) is 0 Å². The number of halogens is 2. The zero-order valence-electron chi connectivity index (χ0n) is 8.25. The van der Waals surface area contributed by atoms with Gasteiger partial charge < -0.3 is 9.84 Å². The van der Waals surface area contributed by atoms with E-state index in [0.717, 1.165) is 0 Å². The van der Waals surface area contributed by atoms with E-state index >= 15 is 0 Å². The summed E-state index contributed by atoms with van der Waals surface area (Å²) in [6, 6.07) is 2.61. The second-order valence-corrected chi connectivity index (χ2v) is 3.12. The highest BCUT2D eigenvalue weighted by molar-refractivity contribution is 5.91. The first kappa shape index (κ1) is 11.4. The summed E-state index contributed by atoms with van der Waals surface area (Å²) in [5.74, 6) is -1.59. The quantitative estimate of drug-likeness (QED) is 0.844. The molecule has 3 nitrogen and oxygen atoms in total. The zero-order valence-corrected chi connectivity index (χ0v) is 8.25. The molecular formula is C10H10F2O3. The normalized spacial score (nSPS) is 10.5. The lowest BCUT2D eigenvalue weighted by atomic mass is 10.1. The molecule has 0 heterocycles. The highest BCUT2D eigenvalue weighted by Gasteiger charge is 2.16. The SMILES string of the molecule is Cc1cc(OC(F)F)c(C(=O)O)cc1C. The minimum absolute atomic E-state index is 0.251. The molecule has 0 fully saturated rings. The standard InChI is InChI=1S/C10H10F2O3/c1-5-3-7(9(13)14)8(4-6(5)2)15-10(11)12/h3-4,10H,1-2H3,(H,13,14). The zero-order chi connectivity index (χ0) is 11.6. The van der Waals surface area contributed by atoms with Crippen LogP contribution < -0.4 is 4.74 Å². The molecule has 0 saturated heterocycles. The number of rotatable bonds is 3. The Morgan fingerprint density at radius 2 is 1.87 bits per heavy atom. The molecule has 1 rings (SSSR count). The van der Waals surface area contributed by atoms with E-state index in [1.54, 1.807) is 13.8 Å². The number of aromatic carboxylic acids is 1. The Morgan fingerprint density at radius 3 is 2.33 bits per heavy atom. The summed E-state index contributed by atoms with van der Waals surface area (Å²) in [7, 11) is 0. The molecule has 0 atom stereocenters. The van der Waals surface area contributed by atoms with Crippen LogP contribution in [0.4, 0.5) is 8.78 Å². The van der Waals surface area contributed by atoms with Crippen LogP contribution in [0.2, 0.25) is 0 Å². The van der Waals surface area contributed by atoms with Crippen molar-refractivity contribution >= 4 is 5.97 Å². The Balaban J connectivity index is 3.22. The van der Waals surface area contributed by atoms with Crippen LogP contribution in [0.1, 0.15) is 21.5 Å². The van der Waals surface area contributed by atoms with Gasteiger partial charge >= 0.3 is 12.6 Å². The minimum atomic E-state index is -3.02. The Kier molecular flexibility index (Phi) is 3.24. The molecule has 0 spiro atoms. The first-order chi connectivity index (χ1) is 6.91. The Hall–Kier alpha value is -1.65. The average Bonchev–Trinajstić information content (AvgIpc) is 2.09. The van der Waals surface area contributed by atoms with Crippen LogP contribution in [0.3, 0.4) is 0 Å². The fraction of sp³-hybridized carbons (Fsp3) is 0.300. The molecule has 1 N–H and O–H groups in total. The summed E-state index contributed by atoms with van der Waals surface area (Å²) >= 11 is 0. The van der Waals surface area contributed by atoms with Gasteiger partial charge in [-0.1, -0.05) is 0 Å². The van der Waals surface area contributed by atoms with Gasteiger partial charge in [-0.05, 0) is 37.1 Å². The molecule has 0 saturated carbocycles. The molecule has 15 heavy (non-hydrogen) atoms. The van der Waals surface area contributed by atoms with E-state index in [2.05, 4.69) is 4.74 Å². The van der Waals surface area contributed by atoms with Gasteiger partial charge in [-0.25, -0.2) is 4.79 Å². The van der Waals surface area contributed by atoms with Crippen molar-refractivity contribution in [2.24, 2.45) is 0 Å². The van der Waals surface area contributed by atoms with Crippen LogP contribution in [-0.4, -0.2) is 17.7 Å². The molecule has 0 radical (unpaired) electrons. The smallest absolute Gasteiger partial charge is 0.387 e. The van der Waals surface area contributed by atoms with Crippen LogP contribution in [-0.2, 0) is 0 Å². The molecule has 82 valence electrons. The van der Waals surface area contributed by atoms with Crippen molar-refractivity contribution in [3.63, 3.8) is 0 Å². The van der Waals surface area contributed by atoms with Crippen LogP contribution >= 0.6 is 0 Å². The van der Waals surface area contributed by atoms with Gasteiger partial charge in [0.05, 0.1) is 0 Å². The van der Waals surface area contributed by atoms with Crippen LogP contribution in [0.25, 0.3) is 0 Å². The van der Waals surface area contributed by atoms with E-state index in [0.29, 0.717) is 11.1 Å². The van der Waals surface area contributed by atoms with E-state index in [9.17, 15) is 13.6 Å². The molecule has 0 aliphatic heterocycles. The maximum atomic E-state index is 12.0. The third-order valence-electron chi connectivity index (χ3n) is 2.04. The van der Waals surface area contributed by atoms with Crippen LogP contribution in [0, 0.1) is 13.8 Å². The molecule has 1 aromatic rings. The van der Waals surface area contributed by atoms with Gasteiger partial charge in [-0.3, -0.25) is 0 Å². The van der Waals surface area contributed by atoms with Crippen molar-refractivity contribution in [3.8, 4) is 5.75 Å². The van der Waals surface area contributed by atoms with Crippen molar-refractivity contribution in [2.45, 2.75) is 20.5 Å². The topological polar surface area (TPSA) is 46.5 Å². The van der Waals surface area contributed by atoms with E-state index < -0.39 is 12.6 Å². The number of hydrogen-bond acceptors (Lipinski definition) is 2. The van der Waals surface area contributed by atoms with Crippen LogP contribution in [0.15, 0.2) is 12.1 Å². The summed E-state index contributed by atoms with van der Waals surface area (Å²) < 4.78 is 28.1. The van der Waals surface area contributed by atoms with Gasteiger partial charge in [0.1, 0.15) is 11.3 Å². The third kappa shape index (κ3) is 2.65. The lowest BCUT2D eigenvalue weighted by molar-refractivity contribution is -0.0503. The molecule has 1 aromatic carbocycles. The largest absolute Gasteiger partial charge is 0.478 e. The van der Waals surface area contributed by atoms with Crippen LogP contribution in [0.5, 0.6) is 5.75 Å². The maximum absolute atomic E-state index is 12.0. The number of hydrogen-bond donors (Lipinski definition) is 1. The number of ether oxygens (including phenoxy) is 1. The number of benzene rings is 1. The number of carboxylic acids is 1. The maximum Gasteiger partial charge on any atom is 0.387 e. The number of alkyl halides is 2. The van der Waals surface area contributed by atoms with Gasteiger partial charge in [0.15, 0.2) is 0 Å². The number of carboxylic acid groups (broad SMARTS) is 1. The van der Waals surface area contributed by atoms with E-state index in [1.165, 1.54) is 12.1 Å². The lowest BCUT2D eigenvalue weighted by Gasteiger charge is -2.10. The van der Waals surface area contributed by atoms with Crippen molar-refractivity contribution in [2.75, 3.05) is 0 Å². The first-order valence-electron chi connectivity index (χ1n) is 4.21. The highest BCUT2D eigenvalue weighted by atomic mass is 19.3. The summed E-state index contributed by atoms with van der Waals surface area (Å²) in [6.07, 6.45) is 0. The Morgan fingerprint density at radius 1 is 1.33 bits per heavy atom. The van der Waals surface area contributed by atoms with Gasteiger partial charge in [-0.2, -0.15) is 8.78 Å². The monoisotopic (exact) mass is 216 g/mol. The summed E-state index contributed by atoms with van der Waals surface area (Å²) in [6.45, 7) is 0.373. The summed E-state index contributed by atoms with van der Waals surface area (Å²) in [5, 5.41) is 8.77. The summed E-state index contributed by atoms with van der Waals surface area (Å²) in [4.78, 5) is 10.7. The lowest BCUT2D eigenvalue weighted by Crippen LogP contribution is -2.08. The van der Waals surface area contributed by atoms with Crippen molar-refractivity contribution in [3.05, 3.63) is 28.8 Å². The molecule has 5 heteroatoms. The summed E-state index contributed by atoms with van der Waals surface area (Å²) in [5.41, 5.74) is 1.17. The second-order valence-electron chi connectivity index (χ2n) is 3.12. The molecule has 0 aliphatic rings. The molecule has 0 unspecified atom stereocenters. The molecule has 0 aliphatic carbocycles. The fourth-order valence-corrected chi connectivity index (χ4v) is 1.15. The van der Waals surface area contributed by atoms with E-state index in [-0.39, 0.29) is 11.3 Å². The molecule has 0 bridgehead atoms. The van der Waals surface area contributed by atoms with Crippen molar-refractivity contribution < 1.29 is 23.4 Å². The highest BCUT2D eigenvalue weighted by Crippen LogP contribution is 2.24. The van der Waals surface area contributed by atoms with E-state index in [1.807, 2.05) is 0 Å². The minimum Gasteiger partial charge on any atom is -0.478 e. The van der Waals surface area contributed by atoms with Gasteiger partial charge in [-0.15, -0.1) is 0 Å². The fourth-order valence-electron chi connectivity index (χ4n) is 1.15. The van der Waals surface area contributed by atoms with E-state index in [4.69, 9.17) is 5.11 Å². The Labute approximate surface area is 85.3 Å². The third-order valence-corrected chi connectivity index (χ3v) is 2.04. The second kappa shape index (κ2) is 4.25. The van der Waals surface area contributed by atoms with Gasteiger partial charge in [0.2, 0.25) is 0 Å². The Bertz CT molecular complexity index is 388. The molecule has 0 aromatic heterocycles. The van der Waals surface area contributed by atoms with Crippen molar-refractivity contribution in [1.29, 1.82) is 0 Å². The first-order valence-corrected chi connectivity index (χ1v) is 4.21.